The highest BCUT2D eigenvalue weighted by atomic mass is 32.2. The maximum Gasteiger partial charge on any atom is 0.318 e. The van der Waals surface area contributed by atoms with Gasteiger partial charge in [-0.15, -0.1) is 10.2 Å². The minimum Gasteiger partial charge on any atom is -0.493 e. The highest BCUT2D eigenvalue weighted by Gasteiger charge is 2.22. The molecular formula is C19H17N7O7S. The number of thioether (sulfide) groups is 1. The molecule has 1 aromatic heterocycles. The highest BCUT2D eigenvalue weighted by molar-refractivity contribution is 7.99. The Morgan fingerprint density at radius 2 is 1.94 bits per heavy atom. The standard InChI is InChI=1S/C19H17N7O7S/c1-24-11-21-23-19(24)34-10-18(27)22-20-9-12-3-5-16(17(7-12)32-2)33-15-6-4-13(25(28)29)8-14(15)26(30)31/h3-9,11H,10H2,1-2H3,(H,22,27)/b20-9+. The van der Waals surface area contributed by atoms with Gasteiger partial charge in [0, 0.05) is 13.1 Å². The molecule has 14 nitrogen and oxygen atoms in total. The predicted octanol–water partition coefficient (Wildman–Crippen LogP) is 2.67. The van der Waals surface area contributed by atoms with Crippen LogP contribution in [0.5, 0.6) is 17.2 Å². The van der Waals surface area contributed by atoms with Crippen LogP contribution in [0, 0.1) is 20.2 Å². The number of nitrogens with one attached hydrogen (secondary N) is 1. The summed E-state index contributed by atoms with van der Waals surface area (Å²) in [4.78, 5) is 32.6. The zero-order valence-electron chi connectivity index (χ0n) is 17.8. The SMILES string of the molecule is COc1cc(/C=N/NC(=O)CSc2nncn2C)ccc1Oc1ccc([N+](=O)[O-])cc1[N+](=O)[O-]. The smallest absolute Gasteiger partial charge is 0.318 e. The minimum atomic E-state index is -0.777. The maximum absolute atomic E-state index is 11.9. The molecule has 1 N–H and O–H groups in total. The number of ether oxygens (including phenoxy) is 2. The van der Waals surface area contributed by atoms with Crippen molar-refractivity contribution in [2.45, 2.75) is 5.16 Å². The van der Waals surface area contributed by atoms with E-state index in [1.165, 1.54) is 43.5 Å². The molecule has 3 rings (SSSR count). The van der Waals surface area contributed by atoms with Crippen molar-refractivity contribution < 1.29 is 24.1 Å². The summed E-state index contributed by atoms with van der Waals surface area (Å²) in [5.41, 5.74) is 1.93. The molecule has 1 amide bonds. The quantitative estimate of drug-likeness (QED) is 0.193. The van der Waals surface area contributed by atoms with Crippen LogP contribution in [0.25, 0.3) is 0 Å². The van der Waals surface area contributed by atoms with Gasteiger partial charge in [-0.1, -0.05) is 11.8 Å². The molecule has 0 spiro atoms. The van der Waals surface area contributed by atoms with Crippen LogP contribution in [0.3, 0.4) is 0 Å². The number of nitrogens with zero attached hydrogens (tertiary/aromatic N) is 6. The number of carbonyl (C=O) groups is 1. The first kappa shape index (κ1) is 24.1. The van der Waals surface area contributed by atoms with Gasteiger partial charge in [-0.3, -0.25) is 25.0 Å². The third kappa shape index (κ3) is 6.04. The molecule has 0 bridgehead atoms. The van der Waals surface area contributed by atoms with Gasteiger partial charge in [0.1, 0.15) is 6.33 Å². The van der Waals surface area contributed by atoms with Crippen molar-refractivity contribution in [3.8, 4) is 17.2 Å². The molecule has 0 radical (unpaired) electrons. The van der Waals surface area contributed by atoms with Crippen LogP contribution in [0.15, 0.2) is 53.0 Å². The number of nitro benzene ring substituents is 2. The van der Waals surface area contributed by atoms with E-state index in [0.717, 1.165) is 18.2 Å². The van der Waals surface area contributed by atoms with Gasteiger partial charge < -0.3 is 14.0 Å². The summed E-state index contributed by atoms with van der Waals surface area (Å²) in [6.07, 6.45) is 2.91. The largest absolute Gasteiger partial charge is 0.493 e. The Bertz CT molecular complexity index is 1260. The number of hydrazone groups is 1. The Morgan fingerprint density at radius 1 is 1.18 bits per heavy atom. The van der Waals surface area contributed by atoms with Gasteiger partial charge in [0.05, 0.1) is 35.0 Å². The fraction of sp³-hybridized carbons (Fsp3) is 0.158. The lowest BCUT2D eigenvalue weighted by molar-refractivity contribution is -0.394. The maximum atomic E-state index is 11.9. The van der Waals surface area contributed by atoms with E-state index in [1.807, 2.05) is 0 Å². The van der Waals surface area contributed by atoms with Crippen molar-refractivity contribution in [1.29, 1.82) is 0 Å². The lowest BCUT2D eigenvalue weighted by Gasteiger charge is -2.11. The summed E-state index contributed by atoms with van der Waals surface area (Å²) in [6.45, 7) is 0. The normalized spacial score (nSPS) is 10.8. The molecular weight excluding hydrogens is 470 g/mol. The van der Waals surface area contributed by atoms with Crippen molar-refractivity contribution in [2.24, 2.45) is 12.1 Å². The van der Waals surface area contributed by atoms with Gasteiger partial charge >= 0.3 is 5.69 Å². The topological polar surface area (TPSA) is 177 Å². The van der Waals surface area contributed by atoms with Crippen molar-refractivity contribution in [3.63, 3.8) is 0 Å². The Labute approximate surface area is 195 Å². The van der Waals surface area contributed by atoms with Crippen molar-refractivity contribution in [2.75, 3.05) is 12.9 Å². The fourth-order valence-corrected chi connectivity index (χ4v) is 3.24. The van der Waals surface area contributed by atoms with Gasteiger partial charge in [0.2, 0.25) is 5.75 Å². The van der Waals surface area contributed by atoms with Crippen LogP contribution >= 0.6 is 11.8 Å². The molecule has 0 saturated heterocycles. The molecule has 15 heteroatoms. The molecule has 0 unspecified atom stereocenters. The molecule has 0 aliphatic heterocycles. The predicted molar refractivity (Wildman–Crippen MR) is 120 cm³/mol. The van der Waals surface area contributed by atoms with E-state index in [9.17, 15) is 25.0 Å². The van der Waals surface area contributed by atoms with E-state index in [-0.39, 0.29) is 28.9 Å². The van der Waals surface area contributed by atoms with Crippen LogP contribution < -0.4 is 14.9 Å². The number of nitro groups is 2. The highest BCUT2D eigenvalue weighted by Crippen LogP contribution is 2.38. The molecule has 0 saturated carbocycles. The average molecular weight is 487 g/mol. The third-order valence-corrected chi connectivity index (χ3v) is 5.20. The first-order valence-corrected chi connectivity index (χ1v) is 10.3. The van der Waals surface area contributed by atoms with Gasteiger partial charge in [-0.25, -0.2) is 5.43 Å². The van der Waals surface area contributed by atoms with E-state index in [4.69, 9.17) is 9.47 Å². The number of rotatable bonds is 10. The molecule has 2 aromatic carbocycles. The number of amides is 1. The third-order valence-electron chi connectivity index (χ3n) is 4.16. The molecule has 0 atom stereocenters. The zero-order valence-corrected chi connectivity index (χ0v) is 18.6. The van der Waals surface area contributed by atoms with Crippen molar-refractivity contribution in [3.05, 3.63) is 68.5 Å². The average Bonchev–Trinajstić information content (AvgIpc) is 3.23. The van der Waals surface area contributed by atoms with Gasteiger partial charge in [-0.2, -0.15) is 5.10 Å². The second-order valence-corrected chi connectivity index (χ2v) is 7.43. The van der Waals surface area contributed by atoms with E-state index < -0.39 is 21.2 Å². The molecule has 176 valence electrons. The van der Waals surface area contributed by atoms with Crippen LogP contribution in [-0.4, -0.2) is 49.6 Å². The van der Waals surface area contributed by atoms with Crippen LogP contribution in [-0.2, 0) is 11.8 Å². The van der Waals surface area contributed by atoms with E-state index in [2.05, 4.69) is 20.7 Å². The van der Waals surface area contributed by atoms with E-state index in [1.54, 1.807) is 17.7 Å². The number of non-ortho nitro benzene ring substituents is 1. The molecule has 1 heterocycles. The van der Waals surface area contributed by atoms with Gasteiger partial charge in [0.15, 0.2) is 16.7 Å². The number of methoxy groups -OCH3 is 1. The summed E-state index contributed by atoms with van der Waals surface area (Å²) in [5, 5.41) is 34.3. The van der Waals surface area contributed by atoms with Crippen molar-refractivity contribution in [1.82, 2.24) is 20.2 Å². The Morgan fingerprint density at radius 3 is 2.59 bits per heavy atom. The zero-order chi connectivity index (χ0) is 24.7. The molecule has 3 aromatic rings. The second-order valence-electron chi connectivity index (χ2n) is 6.48. The van der Waals surface area contributed by atoms with E-state index in [0.29, 0.717) is 10.7 Å². The minimum absolute atomic E-state index is 0.0913. The Kier molecular flexibility index (Phi) is 7.71. The number of hydrogen-bond donors (Lipinski definition) is 1. The van der Waals surface area contributed by atoms with Gasteiger partial charge in [0.25, 0.3) is 11.6 Å². The van der Waals surface area contributed by atoms with Gasteiger partial charge in [-0.05, 0) is 29.8 Å². The molecule has 0 aliphatic carbocycles. The number of aromatic nitrogens is 3. The number of hydrogen-bond acceptors (Lipinski definition) is 11. The number of carbonyl (C=O) groups excluding carboxylic acids is 1. The van der Waals surface area contributed by atoms with Crippen molar-refractivity contribution >= 4 is 35.3 Å². The first-order valence-electron chi connectivity index (χ1n) is 9.36. The molecule has 0 aliphatic rings. The Hall–Kier alpha value is -4.53. The Balaban J connectivity index is 1.67. The summed E-state index contributed by atoms with van der Waals surface area (Å²) < 4.78 is 12.5. The number of aryl methyl sites for hydroxylation is 1. The lowest BCUT2D eigenvalue weighted by atomic mass is 10.2. The monoisotopic (exact) mass is 487 g/mol. The summed E-state index contributed by atoms with van der Waals surface area (Å²) >= 11 is 1.20. The summed E-state index contributed by atoms with van der Waals surface area (Å²) in [6, 6.07) is 7.65. The van der Waals surface area contributed by atoms with Crippen LogP contribution in [0.2, 0.25) is 0 Å². The molecule has 0 fully saturated rings. The van der Waals surface area contributed by atoms with Crippen LogP contribution in [0.1, 0.15) is 5.56 Å². The summed E-state index contributed by atoms with van der Waals surface area (Å²) in [7, 11) is 3.14. The van der Waals surface area contributed by atoms with E-state index >= 15 is 0 Å². The first-order chi connectivity index (χ1) is 16.3. The summed E-state index contributed by atoms with van der Waals surface area (Å²) in [5.74, 6) is -0.0836. The molecule has 34 heavy (non-hydrogen) atoms. The lowest BCUT2D eigenvalue weighted by Crippen LogP contribution is -2.19. The number of benzene rings is 2. The second kappa shape index (κ2) is 10.9. The van der Waals surface area contributed by atoms with Crippen LogP contribution in [0.4, 0.5) is 11.4 Å². The fourth-order valence-electron chi connectivity index (χ4n) is 2.56.